The first-order valence-electron chi connectivity index (χ1n) is 9.95. The topological polar surface area (TPSA) is 65.5 Å². The first-order chi connectivity index (χ1) is 12.2. The Balaban J connectivity index is 1.56. The highest BCUT2D eigenvalue weighted by molar-refractivity contribution is 7.16. The summed E-state index contributed by atoms with van der Waals surface area (Å²) in [7, 11) is 0. The van der Waals surface area contributed by atoms with Crippen molar-refractivity contribution in [2.75, 3.05) is 18.4 Å². The van der Waals surface area contributed by atoms with Gasteiger partial charge in [0, 0.05) is 19.1 Å². The normalized spacial score (nSPS) is 20.6. The van der Waals surface area contributed by atoms with Gasteiger partial charge >= 0.3 is 0 Å². The highest BCUT2D eigenvalue weighted by atomic mass is 32.1. The highest BCUT2D eigenvalue weighted by Crippen LogP contribution is 2.31. The maximum atomic E-state index is 12.6. The van der Waals surface area contributed by atoms with Gasteiger partial charge in [0.05, 0.1) is 11.3 Å². The van der Waals surface area contributed by atoms with E-state index in [-0.39, 0.29) is 18.2 Å². The number of amides is 1. The van der Waals surface area contributed by atoms with Crippen LogP contribution in [0.2, 0.25) is 0 Å². The number of carbonyl (C=O) groups excluding carboxylic acids is 1. The lowest BCUT2D eigenvalue weighted by molar-refractivity contribution is -0.130. The fourth-order valence-corrected chi connectivity index (χ4v) is 4.79. The predicted molar refractivity (Wildman–Crippen MR) is 102 cm³/mol. The van der Waals surface area contributed by atoms with E-state index in [9.17, 15) is 9.90 Å². The zero-order valence-electron chi connectivity index (χ0n) is 15.1. The largest absolute Gasteiger partial charge is 0.492 e. The Hall–Kier alpha value is -1.30. The number of aromatic nitrogens is 1. The molecule has 3 rings (SSSR count). The molecule has 0 aromatic carbocycles. The monoisotopic (exact) mass is 365 g/mol. The zero-order valence-corrected chi connectivity index (χ0v) is 16.0. The minimum atomic E-state index is 0.0292. The molecular formula is C19H31N3O2S. The van der Waals surface area contributed by atoms with Crippen LogP contribution < -0.4 is 5.32 Å². The third-order valence-corrected chi connectivity index (χ3v) is 6.36. The molecular weight excluding hydrogens is 334 g/mol. The maximum Gasteiger partial charge on any atom is 0.228 e. The summed E-state index contributed by atoms with van der Waals surface area (Å²) in [6, 6.07) is 0.450. The standard InChI is InChI=1S/C19H31N3O2S/c23-17(22-12-8-4-1-5-9-13-22)14-16-18(24)21-19(25-16)20-15-10-6-2-3-7-11-15/h15,24H,1-14H2,(H,20,21). The molecule has 1 saturated carbocycles. The molecule has 0 bridgehead atoms. The van der Waals surface area contributed by atoms with Crippen molar-refractivity contribution >= 4 is 22.4 Å². The van der Waals surface area contributed by atoms with Crippen LogP contribution in [0.4, 0.5) is 5.13 Å². The molecule has 25 heavy (non-hydrogen) atoms. The number of rotatable bonds is 4. The molecule has 1 saturated heterocycles. The van der Waals surface area contributed by atoms with Gasteiger partial charge in [-0.05, 0) is 25.7 Å². The maximum absolute atomic E-state index is 12.6. The van der Waals surface area contributed by atoms with Crippen molar-refractivity contribution in [3.8, 4) is 5.88 Å². The van der Waals surface area contributed by atoms with Gasteiger partial charge in [0.25, 0.3) is 0 Å². The molecule has 0 atom stereocenters. The third-order valence-electron chi connectivity index (χ3n) is 5.38. The van der Waals surface area contributed by atoms with Crippen LogP contribution in [-0.4, -0.2) is 40.0 Å². The smallest absolute Gasteiger partial charge is 0.228 e. The van der Waals surface area contributed by atoms with Crippen molar-refractivity contribution in [3.05, 3.63) is 4.88 Å². The zero-order chi connectivity index (χ0) is 17.5. The van der Waals surface area contributed by atoms with E-state index < -0.39 is 0 Å². The summed E-state index contributed by atoms with van der Waals surface area (Å²) in [5.74, 6) is 0.156. The Bertz CT molecular complexity index is 545. The summed E-state index contributed by atoms with van der Waals surface area (Å²) in [6.07, 6.45) is 13.7. The van der Waals surface area contributed by atoms with Crippen LogP contribution in [0.25, 0.3) is 0 Å². The van der Waals surface area contributed by atoms with Gasteiger partial charge in [-0.15, -0.1) is 0 Å². The second-order valence-corrected chi connectivity index (χ2v) is 8.51. The first-order valence-corrected chi connectivity index (χ1v) is 10.8. The molecule has 2 aliphatic rings. The number of thiazole rings is 1. The molecule has 1 aromatic rings. The molecule has 140 valence electrons. The number of anilines is 1. The summed E-state index contributed by atoms with van der Waals surface area (Å²) >= 11 is 1.44. The van der Waals surface area contributed by atoms with E-state index in [4.69, 9.17) is 0 Å². The first kappa shape index (κ1) is 18.5. The van der Waals surface area contributed by atoms with E-state index >= 15 is 0 Å². The quantitative estimate of drug-likeness (QED) is 0.780. The molecule has 0 unspecified atom stereocenters. The molecule has 1 aromatic heterocycles. The predicted octanol–water partition coefficient (Wildman–Crippen LogP) is 4.32. The molecule has 1 amide bonds. The molecule has 0 spiro atoms. The Morgan fingerprint density at radius 3 is 2.32 bits per heavy atom. The van der Waals surface area contributed by atoms with Crippen LogP contribution in [0, 0.1) is 0 Å². The average Bonchev–Trinajstić information content (AvgIpc) is 2.74. The average molecular weight is 366 g/mol. The van der Waals surface area contributed by atoms with E-state index in [0.29, 0.717) is 10.9 Å². The van der Waals surface area contributed by atoms with Gasteiger partial charge < -0.3 is 15.3 Å². The Morgan fingerprint density at radius 2 is 1.64 bits per heavy atom. The van der Waals surface area contributed by atoms with Gasteiger partial charge in [0.15, 0.2) is 5.13 Å². The number of nitrogens with zero attached hydrogens (tertiary/aromatic N) is 2. The van der Waals surface area contributed by atoms with Crippen LogP contribution in [0.5, 0.6) is 5.88 Å². The lowest BCUT2D eigenvalue weighted by Gasteiger charge is -2.24. The van der Waals surface area contributed by atoms with E-state index in [1.54, 1.807) is 0 Å². The Labute approximate surface area is 154 Å². The Morgan fingerprint density at radius 1 is 1.04 bits per heavy atom. The molecule has 1 aliphatic heterocycles. The molecule has 2 N–H and O–H groups in total. The van der Waals surface area contributed by atoms with Gasteiger partial charge in [-0.3, -0.25) is 4.79 Å². The fourth-order valence-electron chi connectivity index (χ4n) is 3.86. The molecule has 5 nitrogen and oxygen atoms in total. The van der Waals surface area contributed by atoms with E-state index in [1.165, 1.54) is 69.1 Å². The second-order valence-electron chi connectivity index (χ2n) is 7.42. The summed E-state index contributed by atoms with van der Waals surface area (Å²) in [4.78, 5) is 19.5. The molecule has 6 heteroatoms. The van der Waals surface area contributed by atoms with Crippen molar-refractivity contribution in [3.63, 3.8) is 0 Å². The van der Waals surface area contributed by atoms with Gasteiger partial charge in [0.2, 0.25) is 11.8 Å². The number of hydrogen-bond donors (Lipinski definition) is 2. The summed E-state index contributed by atoms with van der Waals surface area (Å²) in [5.41, 5.74) is 0. The van der Waals surface area contributed by atoms with Crippen molar-refractivity contribution in [1.29, 1.82) is 0 Å². The van der Waals surface area contributed by atoms with Gasteiger partial charge in [0.1, 0.15) is 0 Å². The summed E-state index contributed by atoms with van der Waals surface area (Å²) in [6.45, 7) is 1.71. The number of nitrogens with one attached hydrogen (secondary N) is 1. The molecule has 1 aliphatic carbocycles. The third kappa shape index (κ3) is 5.59. The lowest BCUT2D eigenvalue weighted by atomic mass is 10.1. The highest BCUT2D eigenvalue weighted by Gasteiger charge is 2.21. The molecule has 2 heterocycles. The van der Waals surface area contributed by atoms with Crippen LogP contribution in [0.1, 0.15) is 75.5 Å². The van der Waals surface area contributed by atoms with Crippen LogP contribution in [0.3, 0.4) is 0 Å². The Kier molecular flexibility index (Phi) is 6.96. The summed E-state index contributed by atoms with van der Waals surface area (Å²) in [5, 5.41) is 14.4. The molecule has 0 radical (unpaired) electrons. The number of hydrogen-bond acceptors (Lipinski definition) is 5. The minimum absolute atomic E-state index is 0.0292. The van der Waals surface area contributed by atoms with Gasteiger partial charge in [-0.1, -0.05) is 56.3 Å². The van der Waals surface area contributed by atoms with Gasteiger partial charge in [-0.25, -0.2) is 0 Å². The fraction of sp³-hybridized carbons (Fsp3) is 0.789. The van der Waals surface area contributed by atoms with Crippen molar-refractivity contribution < 1.29 is 9.90 Å². The lowest BCUT2D eigenvalue weighted by Crippen LogP contribution is -2.34. The van der Waals surface area contributed by atoms with Crippen molar-refractivity contribution in [2.24, 2.45) is 0 Å². The van der Waals surface area contributed by atoms with E-state index in [0.717, 1.165) is 31.1 Å². The van der Waals surface area contributed by atoms with Gasteiger partial charge in [-0.2, -0.15) is 4.98 Å². The number of aromatic hydroxyl groups is 1. The SMILES string of the molecule is O=C(Cc1sc(NC2CCCCCC2)nc1O)N1CCCCCCC1. The number of likely N-dealkylation sites (tertiary alicyclic amines) is 1. The van der Waals surface area contributed by atoms with Crippen LogP contribution in [0.15, 0.2) is 0 Å². The van der Waals surface area contributed by atoms with E-state index in [2.05, 4.69) is 10.3 Å². The van der Waals surface area contributed by atoms with Crippen LogP contribution in [-0.2, 0) is 11.2 Å². The molecule has 2 fully saturated rings. The minimum Gasteiger partial charge on any atom is -0.492 e. The number of carbonyl (C=O) groups is 1. The second kappa shape index (κ2) is 9.41. The van der Waals surface area contributed by atoms with Crippen molar-refractivity contribution in [1.82, 2.24) is 9.88 Å². The van der Waals surface area contributed by atoms with E-state index in [1.807, 2.05) is 4.90 Å². The summed E-state index contributed by atoms with van der Waals surface area (Å²) < 4.78 is 0. The van der Waals surface area contributed by atoms with Crippen LogP contribution >= 0.6 is 11.3 Å². The van der Waals surface area contributed by atoms with Crippen molar-refractivity contribution in [2.45, 2.75) is 83.1 Å².